The van der Waals surface area contributed by atoms with Crippen molar-refractivity contribution in [1.29, 1.82) is 0 Å². The predicted molar refractivity (Wildman–Crippen MR) is 95.3 cm³/mol. The average Bonchev–Trinajstić information content (AvgIpc) is 2.68. The zero-order chi connectivity index (χ0) is 22.1. The first kappa shape index (κ1) is 21.2. The van der Waals surface area contributed by atoms with Crippen molar-refractivity contribution in [3.05, 3.63) is 41.9 Å². The summed E-state index contributed by atoms with van der Waals surface area (Å²) in [6.07, 6.45) is -4.34. The normalized spacial score (nSPS) is 21.4. The lowest BCUT2D eigenvalue weighted by molar-refractivity contribution is -0.208. The van der Waals surface area contributed by atoms with Crippen molar-refractivity contribution in [2.24, 2.45) is 10.7 Å². The maximum Gasteiger partial charge on any atom is 0.425 e. The molecule has 0 saturated carbocycles. The van der Waals surface area contributed by atoms with Crippen LogP contribution in [0.1, 0.15) is 29.4 Å². The van der Waals surface area contributed by atoms with Gasteiger partial charge in [-0.3, -0.25) is 4.79 Å². The first-order chi connectivity index (χ1) is 14.0. The second-order valence-corrected chi connectivity index (χ2v) is 6.54. The molecule has 0 bridgehead atoms. The van der Waals surface area contributed by atoms with Crippen molar-refractivity contribution in [1.82, 2.24) is 15.0 Å². The second kappa shape index (κ2) is 7.72. The van der Waals surface area contributed by atoms with E-state index in [0.29, 0.717) is 0 Å². The molecule has 3 heterocycles. The third-order valence-electron chi connectivity index (χ3n) is 4.32. The van der Waals surface area contributed by atoms with Crippen LogP contribution in [0.4, 0.5) is 23.2 Å². The van der Waals surface area contributed by atoms with E-state index >= 15 is 0 Å². The van der Waals surface area contributed by atoms with Gasteiger partial charge in [0, 0.05) is 12.0 Å². The van der Waals surface area contributed by atoms with Gasteiger partial charge in [0.1, 0.15) is 5.69 Å². The van der Waals surface area contributed by atoms with E-state index in [1.54, 1.807) is 0 Å². The quantitative estimate of drug-likeness (QED) is 0.565. The van der Waals surface area contributed by atoms with Gasteiger partial charge in [0.25, 0.3) is 11.9 Å². The van der Waals surface area contributed by atoms with Gasteiger partial charge < -0.3 is 20.5 Å². The molecule has 1 aliphatic rings. The monoisotopic (exact) mass is 428 g/mol. The number of alkyl halides is 3. The molecule has 0 radical (unpaired) electrons. The lowest BCUT2D eigenvalue weighted by Gasteiger charge is -2.35. The van der Waals surface area contributed by atoms with Gasteiger partial charge in [-0.05, 0) is 13.0 Å². The van der Waals surface area contributed by atoms with Gasteiger partial charge in [-0.25, -0.2) is 19.9 Å². The Labute approximate surface area is 167 Å². The summed E-state index contributed by atoms with van der Waals surface area (Å²) in [7, 11) is 1.38. The molecule has 0 spiro atoms. The number of hydrogen-bond donors (Lipinski definition) is 2. The maximum atomic E-state index is 14.4. The Morgan fingerprint density at radius 3 is 2.63 bits per heavy atom. The van der Waals surface area contributed by atoms with Crippen molar-refractivity contribution < 1.29 is 31.8 Å². The van der Waals surface area contributed by atoms with E-state index in [1.807, 2.05) is 0 Å². The van der Waals surface area contributed by atoms with Crippen LogP contribution in [0.15, 0.2) is 29.6 Å². The molecule has 0 unspecified atom stereocenters. The minimum atomic E-state index is -4.73. The number of anilines is 1. The Bertz CT molecular complexity index is 982. The summed E-state index contributed by atoms with van der Waals surface area (Å²) in [5.74, 6) is -1.56. The van der Waals surface area contributed by atoms with E-state index in [4.69, 9.17) is 10.5 Å². The highest BCUT2D eigenvalue weighted by Gasteiger charge is 2.50. The van der Waals surface area contributed by atoms with Gasteiger partial charge >= 0.3 is 6.18 Å². The largest absolute Gasteiger partial charge is 0.480 e. The molecule has 2 atom stereocenters. The Kier molecular flexibility index (Phi) is 5.46. The SMILES string of the molecule is COc1cnc(C(=O)Nc2cnc(F)c([C@@]3(C)C[C@@H](C(F)(F)F)OC(N)=N3)c2)cn1. The third kappa shape index (κ3) is 4.39. The van der Waals surface area contributed by atoms with Crippen LogP contribution < -0.4 is 15.8 Å². The molecule has 2 aromatic rings. The lowest BCUT2D eigenvalue weighted by atomic mass is 9.86. The molecule has 1 aliphatic heterocycles. The van der Waals surface area contributed by atoms with Gasteiger partial charge in [-0.15, -0.1) is 0 Å². The minimum absolute atomic E-state index is 0.0130. The zero-order valence-electron chi connectivity index (χ0n) is 15.7. The standard InChI is InChI=1S/C17H16F4N6O3/c1-16(4-11(17(19,20)21)30-15(22)27-16)9-3-8(5-25-13(9)18)26-14(28)10-6-24-12(29-2)7-23-10/h3,5-7,11H,4H2,1-2H3,(H2,22,27)(H,26,28)/t11-,16+/m0/s1. The first-order valence-electron chi connectivity index (χ1n) is 8.44. The summed E-state index contributed by atoms with van der Waals surface area (Å²) >= 11 is 0. The fraction of sp³-hybridized carbons (Fsp3) is 0.353. The van der Waals surface area contributed by atoms with Gasteiger partial charge in [-0.2, -0.15) is 17.6 Å². The third-order valence-corrected chi connectivity index (χ3v) is 4.32. The number of pyridine rings is 1. The number of methoxy groups -OCH3 is 1. The number of hydrogen-bond acceptors (Lipinski definition) is 8. The van der Waals surface area contributed by atoms with Crippen LogP contribution in [0.3, 0.4) is 0 Å². The van der Waals surface area contributed by atoms with Crippen LogP contribution in [0.2, 0.25) is 0 Å². The molecule has 0 saturated heterocycles. The number of carbonyl (C=O) groups excluding carboxylic acids is 1. The number of nitrogens with two attached hydrogens (primary N) is 1. The van der Waals surface area contributed by atoms with Crippen LogP contribution in [0, 0.1) is 5.95 Å². The summed E-state index contributed by atoms with van der Waals surface area (Å²) in [5, 5.41) is 2.43. The average molecular weight is 428 g/mol. The van der Waals surface area contributed by atoms with Crippen molar-refractivity contribution in [2.45, 2.75) is 31.2 Å². The second-order valence-electron chi connectivity index (χ2n) is 6.54. The summed E-state index contributed by atoms with van der Waals surface area (Å²) < 4.78 is 63.2. The number of carbonyl (C=O) groups is 1. The number of amidine groups is 1. The fourth-order valence-corrected chi connectivity index (χ4v) is 2.84. The molecular weight excluding hydrogens is 412 g/mol. The van der Waals surface area contributed by atoms with Crippen molar-refractivity contribution >= 4 is 17.6 Å². The summed E-state index contributed by atoms with van der Waals surface area (Å²) in [4.78, 5) is 27.4. The number of amides is 1. The van der Waals surface area contributed by atoms with Gasteiger partial charge in [0.05, 0.1) is 36.9 Å². The van der Waals surface area contributed by atoms with Crippen molar-refractivity contribution in [2.75, 3.05) is 12.4 Å². The van der Waals surface area contributed by atoms with Gasteiger partial charge in [-0.1, -0.05) is 0 Å². The lowest BCUT2D eigenvalue weighted by Crippen LogP contribution is -2.46. The smallest absolute Gasteiger partial charge is 0.425 e. The molecule has 160 valence electrons. The predicted octanol–water partition coefficient (Wildman–Crippen LogP) is 2.15. The number of rotatable bonds is 4. The highest BCUT2D eigenvalue weighted by atomic mass is 19.4. The van der Waals surface area contributed by atoms with Gasteiger partial charge in [0.2, 0.25) is 11.8 Å². The van der Waals surface area contributed by atoms with E-state index < -0.39 is 42.1 Å². The molecule has 30 heavy (non-hydrogen) atoms. The number of nitrogens with one attached hydrogen (secondary N) is 1. The van der Waals surface area contributed by atoms with Crippen LogP contribution in [-0.2, 0) is 10.3 Å². The number of aliphatic imine (C=N–C) groups is 1. The molecule has 2 aromatic heterocycles. The Morgan fingerprint density at radius 2 is 2.03 bits per heavy atom. The summed E-state index contributed by atoms with van der Waals surface area (Å²) in [6.45, 7) is 1.27. The molecule has 0 fully saturated rings. The van der Waals surface area contributed by atoms with E-state index in [-0.39, 0.29) is 22.8 Å². The Balaban J connectivity index is 1.89. The Morgan fingerprint density at radius 1 is 1.30 bits per heavy atom. The fourth-order valence-electron chi connectivity index (χ4n) is 2.84. The number of aromatic nitrogens is 3. The van der Waals surface area contributed by atoms with E-state index in [1.165, 1.54) is 20.2 Å². The first-order valence-corrected chi connectivity index (χ1v) is 8.44. The van der Waals surface area contributed by atoms with Crippen LogP contribution in [0.25, 0.3) is 0 Å². The molecule has 0 aromatic carbocycles. The van der Waals surface area contributed by atoms with Gasteiger partial charge in [0.15, 0.2) is 6.10 Å². The van der Waals surface area contributed by atoms with Crippen LogP contribution >= 0.6 is 0 Å². The number of ether oxygens (including phenoxy) is 2. The Hall–Kier alpha value is -3.51. The van der Waals surface area contributed by atoms with E-state index in [9.17, 15) is 22.4 Å². The zero-order valence-corrected chi connectivity index (χ0v) is 15.7. The molecular formula is C17H16F4N6O3. The molecule has 3 rings (SSSR count). The highest BCUT2D eigenvalue weighted by Crippen LogP contribution is 2.40. The van der Waals surface area contributed by atoms with Crippen LogP contribution in [0.5, 0.6) is 5.88 Å². The highest BCUT2D eigenvalue weighted by molar-refractivity contribution is 6.02. The summed E-state index contributed by atoms with van der Waals surface area (Å²) in [5.41, 5.74) is 3.32. The number of halogens is 4. The van der Waals surface area contributed by atoms with E-state index in [0.717, 1.165) is 18.5 Å². The molecule has 1 amide bonds. The minimum Gasteiger partial charge on any atom is -0.480 e. The van der Waals surface area contributed by atoms with E-state index in [2.05, 4.69) is 30.0 Å². The van der Waals surface area contributed by atoms with Crippen molar-refractivity contribution in [3.8, 4) is 5.88 Å². The summed E-state index contributed by atoms with van der Waals surface area (Å²) in [6, 6.07) is 0.403. The van der Waals surface area contributed by atoms with Crippen molar-refractivity contribution in [3.63, 3.8) is 0 Å². The van der Waals surface area contributed by atoms with Crippen LogP contribution in [-0.4, -0.2) is 46.3 Å². The molecule has 0 aliphatic carbocycles. The maximum absolute atomic E-state index is 14.4. The molecule has 3 N–H and O–H groups in total. The molecule has 9 nitrogen and oxygen atoms in total. The molecule has 13 heteroatoms. The topological polar surface area (TPSA) is 125 Å². The number of nitrogens with zero attached hydrogens (tertiary/aromatic N) is 4.